The highest BCUT2D eigenvalue weighted by atomic mass is 32.2. The first-order valence-electron chi connectivity index (χ1n) is 7.41. The number of rotatable bonds is 4. The number of anilines is 1. The number of hydrogen-bond donors (Lipinski definition) is 0. The van der Waals surface area contributed by atoms with Crippen molar-refractivity contribution < 1.29 is 8.42 Å². The third-order valence-corrected chi connectivity index (χ3v) is 5.78. The largest absolute Gasteiger partial charge is 0.361 e. The van der Waals surface area contributed by atoms with Crippen LogP contribution in [0.5, 0.6) is 0 Å². The van der Waals surface area contributed by atoms with Crippen LogP contribution >= 0.6 is 0 Å². The number of aromatic nitrogens is 3. The predicted molar refractivity (Wildman–Crippen MR) is 86.5 cm³/mol. The molecule has 2 aromatic heterocycles. The van der Waals surface area contributed by atoms with Gasteiger partial charge in [0.15, 0.2) is 0 Å². The Balaban J connectivity index is 1.96. The van der Waals surface area contributed by atoms with E-state index in [0.29, 0.717) is 18.1 Å². The summed E-state index contributed by atoms with van der Waals surface area (Å²) < 4.78 is 27.2. The van der Waals surface area contributed by atoms with E-state index in [9.17, 15) is 8.42 Å². The van der Waals surface area contributed by atoms with E-state index in [4.69, 9.17) is 0 Å². The molecule has 3 rings (SSSR count). The Kier molecular flexibility index (Phi) is 4.27. The molecule has 1 saturated heterocycles. The van der Waals surface area contributed by atoms with Crippen molar-refractivity contribution in [1.29, 1.82) is 0 Å². The van der Waals surface area contributed by atoms with Crippen molar-refractivity contribution in [3.05, 3.63) is 42.6 Å². The van der Waals surface area contributed by atoms with Crippen LogP contribution in [0.4, 0.5) is 5.82 Å². The molecular formula is C15H19N5O2S. The van der Waals surface area contributed by atoms with Crippen molar-refractivity contribution in [2.24, 2.45) is 0 Å². The minimum absolute atomic E-state index is 0.212. The maximum atomic E-state index is 12.9. The molecule has 8 heteroatoms. The molecule has 0 spiro atoms. The fourth-order valence-electron chi connectivity index (χ4n) is 2.70. The minimum Gasteiger partial charge on any atom is -0.361 e. The fourth-order valence-corrected chi connectivity index (χ4v) is 4.34. The SMILES string of the molecule is CN(C)c1cncc(C2CCCN2S(=O)(=O)c2cccnc2)n1. The van der Waals surface area contributed by atoms with E-state index < -0.39 is 10.0 Å². The summed E-state index contributed by atoms with van der Waals surface area (Å²) in [5, 5.41) is 0. The predicted octanol–water partition coefficient (Wildman–Crippen LogP) is 1.46. The molecule has 0 saturated carbocycles. The van der Waals surface area contributed by atoms with Crippen molar-refractivity contribution in [1.82, 2.24) is 19.3 Å². The summed E-state index contributed by atoms with van der Waals surface area (Å²) in [6.07, 6.45) is 7.80. The maximum absolute atomic E-state index is 12.9. The van der Waals surface area contributed by atoms with Gasteiger partial charge < -0.3 is 4.90 Å². The summed E-state index contributed by atoms with van der Waals surface area (Å²) in [4.78, 5) is 14.7. The van der Waals surface area contributed by atoms with Gasteiger partial charge in [-0.3, -0.25) is 9.97 Å². The third kappa shape index (κ3) is 3.04. The Morgan fingerprint density at radius 1 is 1.22 bits per heavy atom. The Bertz CT molecular complexity index is 779. The molecule has 1 aliphatic rings. The molecule has 1 atom stereocenters. The topological polar surface area (TPSA) is 79.3 Å². The van der Waals surface area contributed by atoms with Crippen molar-refractivity contribution in [3.8, 4) is 0 Å². The number of sulfonamides is 1. The lowest BCUT2D eigenvalue weighted by molar-refractivity contribution is 0.389. The Morgan fingerprint density at radius 2 is 2.04 bits per heavy atom. The van der Waals surface area contributed by atoms with E-state index in [1.165, 1.54) is 10.5 Å². The average molecular weight is 333 g/mol. The van der Waals surface area contributed by atoms with Gasteiger partial charge >= 0.3 is 0 Å². The number of pyridine rings is 1. The normalized spacial score (nSPS) is 19.0. The molecule has 0 aromatic carbocycles. The van der Waals surface area contributed by atoms with Crippen LogP contribution in [-0.4, -0.2) is 48.3 Å². The lowest BCUT2D eigenvalue weighted by atomic mass is 10.2. The summed E-state index contributed by atoms with van der Waals surface area (Å²) >= 11 is 0. The van der Waals surface area contributed by atoms with Crippen LogP contribution in [0.25, 0.3) is 0 Å². The van der Waals surface area contributed by atoms with Gasteiger partial charge in [-0.1, -0.05) is 0 Å². The Labute approximate surface area is 136 Å². The highest BCUT2D eigenvalue weighted by Crippen LogP contribution is 2.35. The lowest BCUT2D eigenvalue weighted by Gasteiger charge is -2.24. The van der Waals surface area contributed by atoms with E-state index in [1.54, 1.807) is 30.7 Å². The highest BCUT2D eigenvalue weighted by molar-refractivity contribution is 7.89. The van der Waals surface area contributed by atoms with Crippen LogP contribution in [0, 0.1) is 0 Å². The van der Waals surface area contributed by atoms with Crippen molar-refractivity contribution in [3.63, 3.8) is 0 Å². The molecule has 0 N–H and O–H groups in total. The molecule has 1 aliphatic heterocycles. The fraction of sp³-hybridized carbons (Fsp3) is 0.400. The Hall–Kier alpha value is -2.06. The van der Waals surface area contributed by atoms with Crippen molar-refractivity contribution in [2.45, 2.75) is 23.8 Å². The molecule has 2 aromatic rings. The second-order valence-electron chi connectivity index (χ2n) is 5.66. The van der Waals surface area contributed by atoms with Gasteiger partial charge in [0.25, 0.3) is 0 Å². The van der Waals surface area contributed by atoms with Gasteiger partial charge in [-0.25, -0.2) is 13.4 Å². The Morgan fingerprint density at radius 3 is 2.74 bits per heavy atom. The van der Waals surface area contributed by atoms with E-state index in [0.717, 1.165) is 12.8 Å². The molecule has 0 radical (unpaired) electrons. The molecule has 7 nitrogen and oxygen atoms in total. The minimum atomic E-state index is -3.58. The van der Waals surface area contributed by atoms with Crippen LogP contribution in [0.3, 0.4) is 0 Å². The second-order valence-corrected chi connectivity index (χ2v) is 7.55. The van der Waals surface area contributed by atoms with E-state index in [2.05, 4.69) is 15.0 Å². The van der Waals surface area contributed by atoms with Gasteiger partial charge in [0.2, 0.25) is 10.0 Å². The van der Waals surface area contributed by atoms with Gasteiger partial charge in [0.05, 0.1) is 24.1 Å². The zero-order chi connectivity index (χ0) is 16.4. The molecule has 23 heavy (non-hydrogen) atoms. The molecule has 0 bridgehead atoms. The zero-order valence-electron chi connectivity index (χ0n) is 13.1. The molecule has 0 amide bonds. The standard InChI is InChI=1S/C15H19N5O2S/c1-19(2)15-11-17-10-13(18-15)14-6-4-8-20(14)23(21,22)12-5-3-7-16-9-12/h3,5,7,9-11,14H,4,6,8H2,1-2H3. The van der Waals surface area contributed by atoms with Gasteiger partial charge in [-0.15, -0.1) is 0 Å². The first-order chi connectivity index (χ1) is 11.0. The van der Waals surface area contributed by atoms with Crippen molar-refractivity contribution in [2.75, 3.05) is 25.5 Å². The van der Waals surface area contributed by atoms with E-state index >= 15 is 0 Å². The van der Waals surface area contributed by atoms with Gasteiger partial charge in [0.1, 0.15) is 10.7 Å². The van der Waals surface area contributed by atoms with Crippen LogP contribution in [0.1, 0.15) is 24.6 Å². The third-order valence-electron chi connectivity index (χ3n) is 3.88. The molecule has 1 unspecified atom stereocenters. The van der Waals surface area contributed by atoms with Gasteiger partial charge in [0, 0.05) is 33.0 Å². The first kappa shape index (κ1) is 15.8. The van der Waals surface area contributed by atoms with Crippen LogP contribution in [0.2, 0.25) is 0 Å². The molecular weight excluding hydrogens is 314 g/mol. The summed E-state index contributed by atoms with van der Waals surface area (Å²) in [7, 11) is 0.183. The summed E-state index contributed by atoms with van der Waals surface area (Å²) in [5.74, 6) is 0.716. The number of nitrogens with zero attached hydrogens (tertiary/aromatic N) is 5. The lowest BCUT2D eigenvalue weighted by Crippen LogP contribution is -2.31. The van der Waals surface area contributed by atoms with Gasteiger partial charge in [-0.05, 0) is 25.0 Å². The monoisotopic (exact) mass is 333 g/mol. The van der Waals surface area contributed by atoms with E-state index in [1.807, 2.05) is 19.0 Å². The maximum Gasteiger partial charge on any atom is 0.245 e. The average Bonchev–Trinajstić information content (AvgIpc) is 3.06. The molecule has 0 aliphatic carbocycles. The smallest absolute Gasteiger partial charge is 0.245 e. The summed E-state index contributed by atoms with van der Waals surface area (Å²) in [6, 6.07) is 2.91. The second kappa shape index (κ2) is 6.21. The molecule has 1 fully saturated rings. The highest BCUT2D eigenvalue weighted by Gasteiger charge is 2.37. The van der Waals surface area contributed by atoms with Crippen LogP contribution in [-0.2, 0) is 10.0 Å². The zero-order valence-corrected chi connectivity index (χ0v) is 13.9. The van der Waals surface area contributed by atoms with Crippen LogP contribution in [0.15, 0.2) is 41.8 Å². The summed E-state index contributed by atoms with van der Waals surface area (Å²) in [6.45, 7) is 0.482. The number of hydrogen-bond acceptors (Lipinski definition) is 6. The van der Waals surface area contributed by atoms with E-state index in [-0.39, 0.29) is 10.9 Å². The van der Waals surface area contributed by atoms with Gasteiger partial charge in [-0.2, -0.15) is 4.31 Å². The molecule has 122 valence electrons. The first-order valence-corrected chi connectivity index (χ1v) is 8.85. The summed E-state index contributed by atoms with van der Waals surface area (Å²) in [5.41, 5.74) is 0.682. The van der Waals surface area contributed by atoms with Crippen molar-refractivity contribution >= 4 is 15.8 Å². The quantitative estimate of drug-likeness (QED) is 0.843. The molecule has 3 heterocycles. The van der Waals surface area contributed by atoms with Crippen LogP contribution < -0.4 is 4.90 Å².